The van der Waals surface area contributed by atoms with Crippen LogP contribution in [0.25, 0.3) is 6.08 Å². The second-order valence-electron chi connectivity index (χ2n) is 8.94. The Labute approximate surface area is 182 Å². The Bertz CT molecular complexity index is 866. The molecule has 0 N–H and O–H groups in total. The summed E-state index contributed by atoms with van der Waals surface area (Å²) in [7, 11) is 0. The normalized spacial score (nSPS) is 17.8. The van der Waals surface area contributed by atoms with Crippen molar-refractivity contribution in [3.63, 3.8) is 0 Å². The van der Waals surface area contributed by atoms with E-state index in [0.717, 1.165) is 37.7 Å². The van der Waals surface area contributed by atoms with Crippen LogP contribution in [0.3, 0.4) is 0 Å². The molecule has 1 unspecified atom stereocenters. The van der Waals surface area contributed by atoms with Gasteiger partial charge in [0, 0.05) is 23.1 Å². The van der Waals surface area contributed by atoms with Crippen LogP contribution in [-0.4, -0.2) is 51.4 Å². The first-order chi connectivity index (χ1) is 13.6. The number of tetrazole rings is 1. The number of rotatable bonds is 5. The lowest BCUT2D eigenvalue weighted by Gasteiger charge is -2.41. The summed E-state index contributed by atoms with van der Waals surface area (Å²) in [6.45, 7) is 14.0. The first kappa shape index (κ1) is 22.2. The second-order valence-corrected chi connectivity index (χ2v) is 9.78. The van der Waals surface area contributed by atoms with Crippen molar-refractivity contribution >= 4 is 29.3 Å². The van der Waals surface area contributed by atoms with Crippen molar-refractivity contribution in [2.24, 2.45) is 5.41 Å². The number of hydrogen-bond acceptors (Lipinski definition) is 5. The van der Waals surface area contributed by atoms with E-state index < -0.39 is 0 Å². The van der Waals surface area contributed by atoms with Gasteiger partial charge in [0.1, 0.15) is 0 Å². The molecule has 0 spiro atoms. The van der Waals surface area contributed by atoms with Gasteiger partial charge in [-0.25, -0.2) is 4.68 Å². The number of morpholine rings is 1. The predicted molar refractivity (Wildman–Crippen MR) is 117 cm³/mol. The van der Waals surface area contributed by atoms with Gasteiger partial charge in [0.25, 0.3) is 0 Å². The van der Waals surface area contributed by atoms with Crippen molar-refractivity contribution < 1.29 is 4.74 Å². The van der Waals surface area contributed by atoms with E-state index in [1.54, 1.807) is 6.07 Å². The number of allylic oxidation sites excluding steroid dienone is 1. The quantitative estimate of drug-likeness (QED) is 0.668. The first-order valence-electron chi connectivity index (χ1n) is 9.85. The van der Waals surface area contributed by atoms with E-state index in [1.807, 2.05) is 22.9 Å². The van der Waals surface area contributed by atoms with E-state index >= 15 is 0 Å². The van der Waals surface area contributed by atoms with E-state index in [9.17, 15) is 0 Å². The lowest BCUT2D eigenvalue weighted by atomic mass is 9.85. The van der Waals surface area contributed by atoms with Crippen LogP contribution in [0.5, 0.6) is 0 Å². The Hall–Kier alpha value is -1.47. The molecule has 0 amide bonds. The third-order valence-corrected chi connectivity index (χ3v) is 5.98. The van der Waals surface area contributed by atoms with E-state index in [4.69, 9.17) is 27.9 Å². The average molecular weight is 438 g/mol. The Morgan fingerprint density at radius 1 is 1.10 bits per heavy atom. The molecule has 1 aliphatic heterocycles. The summed E-state index contributed by atoms with van der Waals surface area (Å²) in [4.78, 5) is 2.37. The molecule has 8 heteroatoms. The molecular formula is C21H29Cl2N5O. The second kappa shape index (κ2) is 8.72. The highest BCUT2D eigenvalue weighted by atomic mass is 35.5. The van der Waals surface area contributed by atoms with Crippen LogP contribution < -0.4 is 0 Å². The van der Waals surface area contributed by atoms with Gasteiger partial charge in [0.15, 0.2) is 5.82 Å². The Morgan fingerprint density at radius 2 is 1.79 bits per heavy atom. The average Bonchev–Trinajstić information content (AvgIpc) is 3.13. The van der Waals surface area contributed by atoms with Gasteiger partial charge in [-0.05, 0) is 47.4 Å². The number of nitrogens with zero attached hydrogens (tertiary/aromatic N) is 5. The molecule has 0 saturated carbocycles. The van der Waals surface area contributed by atoms with Crippen molar-refractivity contribution in [2.75, 3.05) is 26.3 Å². The van der Waals surface area contributed by atoms with E-state index in [1.165, 1.54) is 0 Å². The highest BCUT2D eigenvalue weighted by Crippen LogP contribution is 2.36. The molecule has 3 rings (SSSR count). The van der Waals surface area contributed by atoms with Crippen LogP contribution in [0, 0.1) is 5.41 Å². The summed E-state index contributed by atoms with van der Waals surface area (Å²) < 4.78 is 7.46. The number of hydrogen-bond donors (Lipinski definition) is 0. The minimum Gasteiger partial charge on any atom is -0.379 e. The number of ether oxygens (including phenoxy) is 1. The maximum absolute atomic E-state index is 6.36. The summed E-state index contributed by atoms with van der Waals surface area (Å²) in [6.07, 6.45) is 4.13. The zero-order chi connectivity index (χ0) is 21.2. The lowest BCUT2D eigenvalue weighted by Crippen LogP contribution is -2.49. The van der Waals surface area contributed by atoms with Crippen LogP contribution in [0.2, 0.25) is 10.0 Å². The molecule has 6 nitrogen and oxygen atoms in total. The smallest absolute Gasteiger partial charge is 0.171 e. The van der Waals surface area contributed by atoms with Crippen molar-refractivity contribution in [2.45, 2.75) is 46.2 Å². The fraction of sp³-hybridized carbons (Fsp3) is 0.571. The molecule has 2 heterocycles. The summed E-state index contributed by atoms with van der Waals surface area (Å²) in [5.41, 5.74) is 0.482. The third-order valence-electron chi connectivity index (χ3n) is 5.41. The number of benzene rings is 1. The van der Waals surface area contributed by atoms with Crippen LogP contribution in [-0.2, 0) is 10.3 Å². The summed E-state index contributed by atoms with van der Waals surface area (Å²) >= 11 is 12.4. The number of aromatic nitrogens is 4. The van der Waals surface area contributed by atoms with Crippen LogP contribution in [0.1, 0.15) is 52.0 Å². The van der Waals surface area contributed by atoms with Gasteiger partial charge in [-0.3, -0.25) is 4.90 Å². The molecule has 1 atom stereocenters. The largest absolute Gasteiger partial charge is 0.379 e. The van der Waals surface area contributed by atoms with Gasteiger partial charge in [-0.1, -0.05) is 62.2 Å². The maximum Gasteiger partial charge on any atom is 0.171 e. The summed E-state index contributed by atoms with van der Waals surface area (Å²) in [6, 6.07) is 5.45. The van der Waals surface area contributed by atoms with Gasteiger partial charge in [-0.15, -0.1) is 5.10 Å². The molecule has 2 aromatic rings. The zero-order valence-corrected chi connectivity index (χ0v) is 19.2. The molecule has 29 heavy (non-hydrogen) atoms. The minimum atomic E-state index is -0.317. The SMILES string of the molecule is CC(C)(C)C(/C=C/c1ccc(Cl)cc1Cl)n1nnnc1C(C)(C)N1CCOCC1. The molecular weight excluding hydrogens is 409 g/mol. The van der Waals surface area contributed by atoms with Gasteiger partial charge >= 0.3 is 0 Å². The molecule has 0 bridgehead atoms. The van der Waals surface area contributed by atoms with Crippen molar-refractivity contribution in [1.29, 1.82) is 0 Å². The Morgan fingerprint density at radius 3 is 2.41 bits per heavy atom. The monoisotopic (exact) mass is 437 g/mol. The predicted octanol–water partition coefficient (Wildman–Crippen LogP) is 4.85. The first-order valence-corrected chi connectivity index (χ1v) is 10.6. The van der Waals surface area contributed by atoms with Crippen molar-refractivity contribution in [1.82, 2.24) is 25.1 Å². The molecule has 0 radical (unpaired) electrons. The number of halogens is 2. The van der Waals surface area contributed by atoms with E-state index in [2.05, 4.69) is 61.1 Å². The van der Waals surface area contributed by atoms with Crippen molar-refractivity contribution in [3.8, 4) is 0 Å². The topological polar surface area (TPSA) is 56.1 Å². The molecule has 158 valence electrons. The standard InChI is InChI=1S/C21H29Cl2N5O/c1-20(2,3)18(9-7-15-6-8-16(22)14-17(15)23)28-19(24-25-26-28)21(4,5)27-10-12-29-13-11-27/h6-9,14,18H,10-13H2,1-5H3/b9-7+. The maximum atomic E-state index is 6.36. The lowest BCUT2D eigenvalue weighted by molar-refractivity contribution is -0.0171. The highest BCUT2D eigenvalue weighted by molar-refractivity contribution is 6.35. The van der Waals surface area contributed by atoms with Gasteiger partial charge in [0.2, 0.25) is 0 Å². The molecule has 1 aromatic heterocycles. The third kappa shape index (κ3) is 5.00. The fourth-order valence-electron chi connectivity index (χ4n) is 3.62. The van der Waals surface area contributed by atoms with Crippen LogP contribution in [0.4, 0.5) is 0 Å². The van der Waals surface area contributed by atoms with Gasteiger partial charge in [0.05, 0.1) is 24.8 Å². The van der Waals surface area contributed by atoms with E-state index in [-0.39, 0.29) is 17.0 Å². The molecule has 1 aromatic carbocycles. The fourth-order valence-corrected chi connectivity index (χ4v) is 4.09. The molecule has 0 aliphatic carbocycles. The molecule has 1 saturated heterocycles. The van der Waals surface area contributed by atoms with Crippen LogP contribution in [0.15, 0.2) is 24.3 Å². The van der Waals surface area contributed by atoms with Gasteiger partial charge in [-0.2, -0.15) is 0 Å². The molecule has 1 fully saturated rings. The zero-order valence-electron chi connectivity index (χ0n) is 17.7. The van der Waals surface area contributed by atoms with Crippen molar-refractivity contribution in [3.05, 3.63) is 45.7 Å². The highest BCUT2D eigenvalue weighted by Gasteiger charge is 2.38. The summed E-state index contributed by atoms with van der Waals surface area (Å²) in [5.74, 6) is 0.839. The minimum absolute atomic E-state index is 0.0560. The van der Waals surface area contributed by atoms with Crippen LogP contribution >= 0.6 is 23.2 Å². The summed E-state index contributed by atoms with van der Waals surface area (Å²) in [5, 5.41) is 14.1. The van der Waals surface area contributed by atoms with E-state index in [0.29, 0.717) is 10.0 Å². The molecule has 1 aliphatic rings. The Balaban J connectivity index is 1.97. The Kier molecular flexibility index (Phi) is 6.68. The van der Waals surface area contributed by atoms with Gasteiger partial charge < -0.3 is 4.74 Å².